The molecule has 0 amide bonds. The summed E-state index contributed by atoms with van der Waals surface area (Å²) in [6.45, 7) is 7.43. The molecule has 0 bridgehead atoms. The van der Waals surface area contributed by atoms with Crippen molar-refractivity contribution in [2.24, 2.45) is 0 Å². The second-order valence-corrected chi connectivity index (χ2v) is 10.8. The van der Waals surface area contributed by atoms with E-state index in [0.29, 0.717) is 11.3 Å². The molecule has 2 unspecified atom stereocenters. The molecule has 0 aliphatic heterocycles. The highest BCUT2D eigenvalue weighted by molar-refractivity contribution is 7.84. The molecular weight excluding hydrogens is 449 g/mol. The summed E-state index contributed by atoms with van der Waals surface area (Å²) in [6.07, 6.45) is -2.91. The molecule has 0 radical (unpaired) electrons. The number of nitrogens with zero attached hydrogens (tertiary/aromatic N) is 1. The fraction of sp³-hybridized carbons (Fsp3) is 0.320. The third-order valence-corrected chi connectivity index (χ3v) is 6.71. The molecule has 0 aliphatic rings. The number of benzene rings is 2. The molecule has 2 aromatic carbocycles. The Morgan fingerprint density at radius 2 is 1.61 bits per heavy atom. The van der Waals surface area contributed by atoms with Gasteiger partial charge in [-0.1, -0.05) is 48.0 Å². The third kappa shape index (κ3) is 6.42. The van der Waals surface area contributed by atoms with Crippen LogP contribution in [0.25, 0.3) is 0 Å². The van der Waals surface area contributed by atoms with Crippen LogP contribution in [0, 0.1) is 6.92 Å². The van der Waals surface area contributed by atoms with Crippen molar-refractivity contribution >= 4 is 11.0 Å². The fourth-order valence-electron chi connectivity index (χ4n) is 3.48. The second kappa shape index (κ2) is 9.65. The first-order valence-electron chi connectivity index (χ1n) is 10.4. The van der Waals surface area contributed by atoms with Crippen molar-refractivity contribution in [1.82, 2.24) is 9.71 Å². The summed E-state index contributed by atoms with van der Waals surface area (Å²) in [5, 5.41) is 0. The molecule has 1 heterocycles. The number of pyridine rings is 1. The quantitative estimate of drug-likeness (QED) is 0.467. The van der Waals surface area contributed by atoms with Crippen molar-refractivity contribution < 1.29 is 22.1 Å². The lowest BCUT2D eigenvalue weighted by atomic mass is 9.79. The van der Waals surface area contributed by atoms with Crippen molar-refractivity contribution in [2.75, 3.05) is 0 Å². The van der Waals surface area contributed by atoms with Gasteiger partial charge in [-0.2, -0.15) is 0 Å². The number of hydrogen-bond acceptors (Lipinski definition) is 3. The Morgan fingerprint density at radius 3 is 2.18 bits per heavy atom. The molecule has 176 valence electrons. The van der Waals surface area contributed by atoms with E-state index in [1.54, 1.807) is 18.3 Å². The van der Waals surface area contributed by atoms with E-state index in [1.807, 2.05) is 64.1 Å². The first kappa shape index (κ1) is 24.9. The molecule has 4 nitrogen and oxygen atoms in total. The van der Waals surface area contributed by atoms with Crippen LogP contribution in [0.3, 0.4) is 0 Å². The second-order valence-electron chi connectivity index (χ2n) is 8.83. The average Bonchev–Trinajstić information content (AvgIpc) is 2.72. The fourth-order valence-corrected chi connectivity index (χ4v) is 4.41. The van der Waals surface area contributed by atoms with Gasteiger partial charge in [-0.05, 0) is 63.1 Å². The van der Waals surface area contributed by atoms with Gasteiger partial charge in [0.15, 0.2) is 0 Å². The van der Waals surface area contributed by atoms with Gasteiger partial charge in [-0.25, -0.2) is 8.93 Å². The number of hydrogen-bond donors (Lipinski definition) is 1. The zero-order chi connectivity index (χ0) is 24.3. The van der Waals surface area contributed by atoms with Crippen LogP contribution >= 0.6 is 0 Å². The number of halogens is 3. The van der Waals surface area contributed by atoms with E-state index in [0.717, 1.165) is 11.1 Å². The number of aromatic nitrogens is 1. The van der Waals surface area contributed by atoms with Gasteiger partial charge in [-0.3, -0.25) is 4.98 Å². The molecule has 2 atom stereocenters. The Morgan fingerprint density at radius 1 is 0.939 bits per heavy atom. The Balaban J connectivity index is 2.26. The summed E-state index contributed by atoms with van der Waals surface area (Å²) < 4.78 is 59.1. The Kier molecular flexibility index (Phi) is 7.29. The third-order valence-electron chi connectivity index (χ3n) is 5.07. The molecule has 33 heavy (non-hydrogen) atoms. The first-order valence-corrected chi connectivity index (χ1v) is 11.6. The molecule has 0 saturated heterocycles. The molecule has 0 spiro atoms. The summed E-state index contributed by atoms with van der Waals surface area (Å²) in [4.78, 5) is 4.44. The Bertz CT molecular complexity index is 1110. The minimum Gasteiger partial charge on any atom is -0.406 e. The monoisotopic (exact) mass is 476 g/mol. The maximum absolute atomic E-state index is 13.4. The highest BCUT2D eigenvalue weighted by Gasteiger charge is 2.40. The lowest BCUT2D eigenvalue weighted by molar-refractivity contribution is -0.274. The predicted molar refractivity (Wildman–Crippen MR) is 124 cm³/mol. The van der Waals surface area contributed by atoms with Gasteiger partial charge >= 0.3 is 6.36 Å². The molecule has 0 saturated carbocycles. The number of alkyl halides is 3. The zero-order valence-corrected chi connectivity index (χ0v) is 19.8. The molecule has 1 aromatic heterocycles. The molecule has 3 rings (SSSR count). The summed E-state index contributed by atoms with van der Waals surface area (Å²) in [6, 6.07) is 18.9. The van der Waals surface area contributed by atoms with Crippen LogP contribution in [0.2, 0.25) is 0 Å². The Labute approximate surface area is 194 Å². The van der Waals surface area contributed by atoms with E-state index in [1.165, 1.54) is 18.2 Å². The normalized spacial score (nSPS) is 15.0. The number of aryl methyl sites for hydroxylation is 1. The van der Waals surface area contributed by atoms with E-state index in [-0.39, 0.29) is 12.2 Å². The van der Waals surface area contributed by atoms with Crippen LogP contribution < -0.4 is 9.46 Å². The molecular formula is C25H27F3N2O2S. The summed E-state index contributed by atoms with van der Waals surface area (Å²) in [5.74, 6) is -0.346. The number of rotatable bonds is 7. The van der Waals surface area contributed by atoms with Crippen LogP contribution in [0.15, 0.2) is 72.9 Å². The highest BCUT2D eigenvalue weighted by Crippen LogP contribution is 2.37. The molecule has 8 heteroatoms. The standard InChI is InChI=1S/C25H27F3N2O2S/c1-18-9-7-10-19(15-18)24(30-33(31)23(2,3)4,17-21-12-5-6-14-29-21)20-11-8-13-22(16-20)32-25(26,27)28/h5-16,30H,17H2,1-4H3. The van der Waals surface area contributed by atoms with Crippen molar-refractivity contribution in [1.29, 1.82) is 0 Å². The van der Waals surface area contributed by atoms with Gasteiger partial charge in [0.05, 0.1) is 21.3 Å². The predicted octanol–water partition coefficient (Wildman–Crippen LogP) is 5.83. The van der Waals surface area contributed by atoms with Crippen LogP contribution in [0.4, 0.5) is 13.2 Å². The Hall–Kier alpha value is -2.71. The van der Waals surface area contributed by atoms with Crippen molar-refractivity contribution in [2.45, 2.75) is 50.8 Å². The van der Waals surface area contributed by atoms with E-state index in [2.05, 4.69) is 14.4 Å². The van der Waals surface area contributed by atoms with Crippen molar-refractivity contribution in [3.63, 3.8) is 0 Å². The van der Waals surface area contributed by atoms with Crippen LogP contribution in [0.1, 0.15) is 43.2 Å². The van der Waals surface area contributed by atoms with E-state index in [4.69, 9.17) is 0 Å². The minimum atomic E-state index is -4.83. The minimum absolute atomic E-state index is 0.259. The lowest BCUT2D eigenvalue weighted by Crippen LogP contribution is -2.50. The van der Waals surface area contributed by atoms with Gasteiger partial charge in [-0.15, -0.1) is 13.2 Å². The van der Waals surface area contributed by atoms with Crippen LogP contribution in [0.5, 0.6) is 5.75 Å². The van der Waals surface area contributed by atoms with Crippen LogP contribution in [-0.4, -0.2) is 20.3 Å². The topological polar surface area (TPSA) is 51.2 Å². The summed E-state index contributed by atoms with van der Waals surface area (Å²) >= 11 is 0. The molecule has 3 aromatic rings. The largest absolute Gasteiger partial charge is 0.573 e. The molecule has 1 N–H and O–H groups in total. The van der Waals surface area contributed by atoms with Gasteiger partial charge < -0.3 is 4.74 Å². The van der Waals surface area contributed by atoms with Gasteiger partial charge in [0.25, 0.3) is 0 Å². The van der Waals surface area contributed by atoms with E-state index >= 15 is 0 Å². The lowest BCUT2D eigenvalue weighted by Gasteiger charge is -2.38. The highest BCUT2D eigenvalue weighted by atomic mass is 32.2. The van der Waals surface area contributed by atoms with Gasteiger partial charge in [0.1, 0.15) is 5.75 Å². The zero-order valence-electron chi connectivity index (χ0n) is 18.9. The van der Waals surface area contributed by atoms with E-state index < -0.39 is 27.6 Å². The maximum atomic E-state index is 13.4. The molecule has 0 fully saturated rings. The van der Waals surface area contributed by atoms with Crippen molar-refractivity contribution in [3.05, 3.63) is 95.3 Å². The first-order chi connectivity index (χ1) is 15.4. The number of nitrogens with one attached hydrogen (secondary N) is 1. The van der Waals surface area contributed by atoms with Crippen LogP contribution in [-0.2, 0) is 22.9 Å². The summed E-state index contributed by atoms with van der Waals surface area (Å²) in [7, 11) is -1.55. The summed E-state index contributed by atoms with van der Waals surface area (Å²) in [5.41, 5.74) is 1.76. The smallest absolute Gasteiger partial charge is 0.406 e. The average molecular weight is 477 g/mol. The number of ether oxygens (including phenoxy) is 1. The van der Waals surface area contributed by atoms with Gasteiger partial charge in [0, 0.05) is 18.3 Å². The van der Waals surface area contributed by atoms with Gasteiger partial charge in [0.2, 0.25) is 0 Å². The SMILES string of the molecule is Cc1cccc(C(Cc2ccccn2)(NS(=O)C(C)(C)C)c2cccc(OC(F)(F)F)c2)c1. The van der Waals surface area contributed by atoms with Crippen molar-refractivity contribution in [3.8, 4) is 5.75 Å². The molecule has 0 aliphatic carbocycles. The van der Waals surface area contributed by atoms with E-state index in [9.17, 15) is 17.4 Å². The maximum Gasteiger partial charge on any atom is 0.573 e.